The number of rotatable bonds is 4. The van der Waals surface area contributed by atoms with Crippen LogP contribution in [0, 0.1) is 4.64 Å². The first kappa shape index (κ1) is 12.6. The highest BCUT2D eigenvalue weighted by Gasteiger charge is 2.04. The number of methoxy groups -OCH3 is 2. The molecule has 18 heavy (non-hydrogen) atoms. The fraction of sp³-hybridized carbons (Fsp3) is 0.273. The van der Waals surface area contributed by atoms with Gasteiger partial charge in [0.1, 0.15) is 17.1 Å². The summed E-state index contributed by atoms with van der Waals surface area (Å²) in [6.45, 7) is 0.370. The Bertz CT molecular complexity index is 582. The van der Waals surface area contributed by atoms with Crippen LogP contribution in [0.3, 0.4) is 0 Å². The Hall–Kier alpha value is -1.86. The molecular formula is C11H12N4O2S. The molecule has 0 spiro atoms. The van der Waals surface area contributed by atoms with Crippen LogP contribution >= 0.6 is 12.2 Å². The van der Waals surface area contributed by atoms with Crippen LogP contribution < -0.4 is 4.74 Å². The number of hydrogen-bond donors (Lipinski definition) is 1. The Morgan fingerprint density at radius 2 is 2.00 bits per heavy atom. The van der Waals surface area contributed by atoms with Gasteiger partial charge < -0.3 is 14.5 Å². The third kappa shape index (κ3) is 2.88. The van der Waals surface area contributed by atoms with E-state index in [-0.39, 0.29) is 0 Å². The van der Waals surface area contributed by atoms with E-state index < -0.39 is 0 Å². The molecule has 0 bridgehead atoms. The van der Waals surface area contributed by atoms with E-state index in [0.717, 1.165) is 11.3 Å². The van der Waals surface area contributed by atoms with Gasteiger partial charge in [-0.3, -0.25) is 0 Å². The SMILES string of the molecule is COCc1nc(=S)cc(-c2cnc(OC)nc2)[nH]1. The van der Waals surface area contributed by atoms with Gasteiger partial charge in [-0.05, 0) is 6.07 Å². The zero-order valence-electron chi connectivity index (χ0n) is 10.0. The molecule has 0 aliphatic heterocycles. The highest BCUT2D eigenvalue weighted by atomic mass is 32.1. The summed E-state index contributed by atoms with van der Waals surface area (Å²) in [4.78, 5) is 15.3. The van der Waals surface area contributed by atoms with Crippen molar-refractivity contribution in [2.24, 2.45) is 0 Å². The van der Waals surface area contributed by atoms with Crippen LogP contribution in [0.15, 0.2) is 18.5 Å². The summed E-state index contributed by atoms with van der Waals surface area (Å²) in [5.74, 6) is 0.663. The van der Waals surface area contributed by atoms with Crippen LogP contribution in [0.25, 0.3) is 11.3 Å². The Balaban J connectivity index is 2.39. The summed E-state index contributed by atoms with van der Waals surface area (Å²) in [6, 6.07) is 2.07. The van der Waals surface area contributed by atoms with Gasteiger partial charge in [-0.15, -0.1) is 0 Å². The molecule has 94 valence electrons. The zero-order chi connectivity index (χ0) is 13.0. The predicted molar refractivity (Wildman–Crippen MR) is 67.7 cm³/mol. The first-order valence-electron chi connectivity index (χ1n) is 5.18. The molecule has 2 rings (SSSR count). The second-order valence-corrected chi connectivity index (χ2v) is 3.89. The van der Waals surface area contributed by atoms with Crippen LogP contribution in [0.1, 0.15) is 5.82 Å². The van der Waals surface area contributed by atoms with Gasteiger partial charge in [0.15, 0.2) is 0 Å². The van der Waals surface area contributed by atoms with E-state index in [1.54, 1.807) is 25.6 Å². The molecule has 0 aliphatic rings. The maximum atomic E-state index is 5.10. The fourth-order valence-corrected chi connectivity index (χ4v) is 1.66. The van der Waals surface area contributed by atoms with E-state index in [1.807, 2.05) is 0 Å². The third-order valence-electron chi connectivity index (χ3n) is 2.19. The standard InChI is InChI=1S/C11H12N4O2S/c1-16-6-9-14-8(3-10(18)15-9)7-4-12-11(17-2)13-5-7/h3-5H,6H2,1-2H3,(H,14,15,18). The highest BCUT2D eigenvalue weighted by molar-refractivity contribution is 7.71. The lowest BCUT2D eigenvalue weighted by atomic mass is 10.2. The molecule has 2 aromatic heterocycles. The number of H-pyrrole nitrogens is 1. The van der Waals surface area contributed by atoms with Gasteiger partial charge in [-0.1, -0.05) is 12.2 Å². The maximum absolute atomic E-state index is 5.10. The van der Waals surface area contributed by atoms with Gasteiger partial charge in [-0.2, -0.15) is 0 Å². The van der Waals surface area contributed by atoms with Gasteiger partial charge in [0, 0.05) is 25.1 Å². The molecule has 0 atom stereocenters. The topological polar surface area (TPSA) is 72.9 Å². The second-order valence-electron chi connectivity index (χ2n) is 3.47. The molecule has 0 saturated carbocycles. The molecule has 6 nitrogen and oxygen atoms in total. The van der Waals surface area contributed by atoms with Crippen molar-refractivity contribution in [1.29, 1.82) is 0 Å². The van der Waals surface area contributed by atoms with Crippen LogP contribution in [0.2, 0.25) is 0 Å². The molecular weight excluding hydrogens is 252 g/mol. The Morgan fingerprint density at radius 3 is 2.61 bits per heavy atom. The summed E-state index contributed by atoms with van der Waals surface area (Å²) >= 11 is 5.10. The third-order valence-corrected chi connectivity index (χ3v) is 2.40. The lowest BCUT2D eigenvalue weighted by Gasteiger charge is -2.05. The van der Waals surface area contributed by atoms with E-state index in [1.165, 1.54) is 7.11 Å². The summed E-state index contributed by atoms with van der Waals surface area (Å²) < 4.78 is 10.4. The zero-order valence-corrected chi connectivity index (χ0v) is 10.8. The summed E-state index contributed by atoms with van der Waals surface area (Å²) in [7, 11) is 3.12. The summed E-state index contributed by atoms with van der Waals surface area (Å²) in [6.07, 6.45) is 3.31. The summed E-state index contributed by atoms with van der Waals surface area (Å²) in [5, 5.41) is 0. The van der Waals surface area contributed by atoms with Crippen molar-refractivity contribution in [3.8, 4) is 17.3 Å². The van der Waals surface area contributed by atoms with Crippen molar-refractivity contribution in [2.75, 3.05) is 14.2 Å². The van der Waals surface area contributed by atoms with Crippen molar-refractivity contribution in [2.45, 2.75) is 6.61 Å². The van der Waals surface area contributed by atoms with Gasteiger partial charge in [0.05, 0.1) is 12.8 Å². The van der Waals surface area contributed by atoms with E-state index in [4.69, 9.17) is 21.7 Å². The summed E-state index contributed by atoms with van der Waals surface area (Å²) in [5.41, 5.74) is 1.60. The second kappa shape index (κ2) is 5.65. The smallest absolute Gasteiger partial charge is 0.316 e. The molecule has 0 aliphatic carbocycles. The van der Waals surface area contributed by atoms with Gasteiger partial charge in [-0.25, -0.2) is 15.0 Å². The molecule has 0 aromatic carbocycles. The van der Waals surface area contributed by atoms with Gasteiger partial charge in [0.2, 0.25) is 0 Å². The Labute approximate surface area is 109 Å². The minimum atomic E-state index is 0.323. The monoisotopic (exact) mass is 264 g/mol. The van der Waals surface area contributed by atoms with E-state index >= 15 is 0 Å². The largest absolute Gasteiger partial charge is 0.467 e. The minimum Gasteiger partial charge on any atom is -0.467 e. The van der Waals surface area contributed by atoms with Crippen LogP contribution in [-0.4, -0.2) is 34.2 Å². The van der Waals surface area contributed by atoms with E-state index in [9.17, 15) is 0 Å². The molecule has 0 unspecified atom stereocenters. The maximum Gasteiger partial charge on any atom is 0.316 e. The van der Waals surface area contributed by atoms with Crippen molar-refractivity contribution >= 4 is 12.2 Å². The van der Waals surface area contributed by atoms with Crippen LogP contribution in [-0.2, 0) is 11.3 Å². The van der Waals surface area contributed by atoms with Gasteiger partial charge in [0.25, 0.3) is 0 Å². The quantitative estimate of drug-likeness (QED) is 0.848. The average molecular weight is 264 g/mol. The number of hydrogen-bond acceptors (Lipinski definition) is 6. The first-order valence-corrected chi connectivity index (χ1v) is 5.59. The number of nitrogens with one attached hydrogen (secondary N) is 1. The molecule has 7 heteroatoms. The number of nitrogens with zero attached hydrogens (tertiary/aromatic N) is 3. The molecule has 0 fully saturated rings. The number of ether oxygens (including phenoxy) is 2. The number of aromatic amines is 1. The highest BCUT2D eigenvalue weighted by Crippen LogP contribution is 2.16. The van der Waals surface area contributed by atoms with Crippen molar-refractivity contribution < 1.29 is 9.47 Å². The normalized spacial score (nSPS) is 10.3. The van der Waals surface area contributed by atoms with Crippen molar-refractivity contribution in [3.05, 3.63) is 28.9 Å². The first-order chi connectivity index (χ1) is 8.72. The lowest BCUT2D eigenvalue weighted by Crippen LogP contribution is -1.99. The van der Waals surface area contributed by atoms with E-state index in [2.05, 4.69) is 19.9 Å². The number of aromatic nitrogens is 4. The lowest BCUT2D eigenvalue weighted by molar-refractivity contribution is 0.177. The molecule has 2 aromatic rings. The Kier molecular flexibility index (Phi) is 3.96. The van der Waals surface area contributed by atoms with Crippen molar-refractivity contribution in [3.63, 3.8) is 0 Å². The van der Waals surface area contributed by atoms with E-state index in [0.29, 0.717) is 23.1 Å². The molecule has 0 radical (unpaired) electrons. The molecule has 1 N–H and O–H groups in total. The average Bonchev–Trinajstić information content (AvgIpc) is 2.38. The molecule has 0 amide bonds. The van der Waals surface area contributed by atoms with Crippen molar-refractivity contribution in [1.82, 2.24) is 19.9 Å². The molecule has 0 saturated heterocycles. The fourth-order valence-electron chi connectivity index (χ4n) is 1.43. The molecule has 2 heterocycles. The van der Waals surface area contributed by atoms with Crippen LogP contribution in [0.5, 0.6) is 6.01 Å². The predicted octanol–water partition coefficient (Wildman–Crippen LogP) is 1.75. The minimum absolute atomic E-state index is 0.323. The Morgan fingerprint density at radius 1 is 1.28 bits per heavy atom. The van der Waals surface area contributed by atoms with Crippen LogP contribution in [0.4, 0.5) is 0 Å². The van der Waals surface area contributed by atoms with Gasteiger partial charge >= 0.3 is 6.01 Å².